The Hall–Kier alpha value is -1.99. The van der Waals surface area contributed by atoms with Crippen LogP contribution in [-0.4, -0.2) is 16.8 Å². The molecule has 0 unspecified atom stereocenters. The van der Waals surface area contributed by atoms with Gasteiger partial charge in [0.25, 0.3) is 5.91 Å². The summed E-state index contributed by atoms with van der Waals surface area (Å²) in [5.74, 6) is -0.363. The van der Waals surface area contributed by atoms with Crippen molar-refractivity contribution >= 4 is 50.6 Å². The van der Waals surface area contributed by atoms with Crippen molar-refractivity contribution < 1.29 is 14.0 Å². The molecule has 0 fully saturated rings. The van der Waals surface area contributed by atoms with Crippen LogP contribution in [0, 0.1) is 0 Å². The van der Waals surface area contributed by atoms with E-state index in [0.29, 0.717) is 15.9 Å². The Morgan fingerprint density at radius 3 is 2.62 bits per heavy atom. The molecule has 2 rings (SSSR count). The molecule has 1 amide bonds. The van der Waals surface area contributed by atoms with Crippen LogP contribution in [0.4, 0.5) is 5.69 Å². The molecule has 2 aromatic rings. The molecule has 1 aromatic heterocycles. The number of halogens is 1. The lowest BCUT2D eigenvalue weighted by Crippen LogP contribution is -2.33. The van der Waals surface area contributed by atoms with Crippen LogP contribution in [0.3, 0.4) is 0 Å². The number of carbonyl (C=O) groups excluding carboxylic acids is 2. The van der Waals surface area contributed by atoms with Gasteiger partial charge in [-0.1, -0.05) is 12.1 Å². The van der Waals surface area contributed by atoms with E-state index in [0.717, 1.165) is 0 Å². The number of hydrogen-bond acceptors (Lipinski definition) is 4. The van der Waals surface area contributed by atoms with Gasteiger partial charge in [-0.15, -0.1) is 0 Å². The highest BCUT2D eigenvalue weighted by Gasteiger charge is 2.12. The number of thiocarbonyl (C=S) groups is 1. The Bertz CT molecular complexity index is 712. The Balaban J connectivity index is 2.00. The normalized spacial score (nSPS) is 10.0. The van der Waals surface area contributed by atoms with Gasteiger partial charge in [0, 0.05) is 11.3 Å². The van der Waals surface area contributed by atoms with Crippen LogP contribution in [0.15, 0.2) is 45.5 Å². The second-order valence-corrected chi connectivity index (χ2v) is 5.34. The molecule has 0 aliphatic carbocycles. The quantitative estimate of drug-likeness (QED) is 0.643. The zero-order chi connectivity index (χ0) is 15.4. The summed E-state index contributed by atoms with van der Waals surface area (Å²) in [6.45, 7) is 1.48. The second kappa shape index (κ2) is 6.64. The third-order valence-electron chi connectivity index (χ3n) is 2.55. The molecule has 108 valence electrons. The monoisotopic (exact) mass is 366 g/mol. The first-order valence-electron chi connectivity index (χ1n) is 5.94. The average Bonchev–Trinajstić information content (AvgIpc) is 2.85. The summed E-state index contributed by atoms with van der Waals surface area (Å²) < 4.78 is 5.58. The topological polar surface area (TPSA) is 71.3 Å². The van der Waals surface area contributed by atoms with Crippen molar-refractivity contribution in [3.63, 3.8) is 0 Å². The number of carbonyl (C=O) groups is 2. The third kappa shape index (κ3) is 4.24. The van der Waals surface area contributed by atoms with Gasteiger partial charge in [0.15, 0.2) is 21.3 Å². The molecule has 1 aromatic carbocycles. The van der Waals surface area contributed by atoms with E-state index in [4.69, 9.17) is 16.6 Å². The molecule has 0 saturated carbocycles. The van der Waals surface area contributed by atoms with E-state index in [2.05, 4.69) is 26.6 Å². The number of nitrogens with one attached hydrogen (secondary N) is 2. The highest BCUT2D eigenvalue weighted by molar-refractivity contribution is 9.10. The second-order valence-electron chi connectivity index (χ2n) is 4.15. The number of hydrogen-bond donors (Lipinski definition) is 2. The van der Waals surface area contributed by atoms with Crippen molar-refractivity contribution in [2.45, 2.75) is 6.92 Å². The largest absolute Gasteiger partial charge is 0.444 e. The van der Waals surface area contributed by atoms with Crippen LogP contribution in [0.5, 0.6) is 0 Å². The van der Waals surface area contributed by atoms with Gasteiger partial charge in [0.05, 0.1) is 0 Å². The van der Waals surface area contributed by atoms with Gasteiger partial charge in [0.2, 0.25) is 0 Å². The molecule has 0 radical (unpaired) electrons. The molecule has 5 nitrogen and oxygen atoms in total. The smallest absolute Gasteiger partial charge is 0.293 e. The molecule has 21 heavy (non-hydrogen) atoms. The first-order chi connectivity index (χ1) is 9.95. The number of furan rings is 1. The molecule has 0 saturated heterocycles. The van der Waals surface area contributed by atoms with Crippen LogP contribution in [0.1, 0.15) is 27.8 Å². The van der Waals surface area contributed by atoms with Gasteiger partial charge in [-0.3, -0.25) is 14.9 Å². The number of benzene rings is 1. The van der Waals surface area contributed by atoms with E-state index in [1.54, 1.807) is 30.3 Å². The highest BCUT2D eigenvalue weighted by atomic mass is 79.9. The Morgan fingerprint density at radius 1 is 1.24 bits per heavy atom. The predicted octanol–water partition coefficient (Wildman–Crippen LogP) is 3.37. The number of amides is 1. The van der Waals surface area contributed by atoms with Crippen LogP contribution >= 0.6 is 28.1 Å². The van der Waals surface area contributed by atoms with Crippen molar-refractivity contribution in [2.75, 3.05) is 5.32 Å². The van der Waals surface area contributed by atoms with Gasteiger partial charge in [-0.2, -0.15) is 0 Å². The number of anilines is 1. The zero-order valence-corrected chi connectivity index (χ0v) is 13.4. The van der Waals surface area contributed by atoms with Gasteiger partial charge in [-0.05, 0) is 59.3 Å². The fourth-order valence-electron chi connectivity index (χ4n) is 1.58. The summed E-state index contributed by atoms with van der Waals surface area (Å²) in [6, 6.07) is 9.97. The zero-order valence-electron chi connectivity index (χ0n) is 11.0. The molecule has 2 N–H and O–H groups in total. The van der Waals surface area contributed by atoms with Gasteiger partial charge in [0.1, 0.15) is 0 Å². The molecule has 0 aliphatic heterocycles. The summed E-state index contributed by atoms with van der Waals surface area (Å²) in [5, 5.41) is 5.45. The lowest BCUT2D eigenvalue weighted by atomic mass is 10.1. The fraction of sp³-hybridized carbons (Fsp3) is 0.0714. The van der Waals surface area contributed by atoms with E-state index >= 15 is 0 Å². The summed E-state index contributed by atoms with van der Waals surface area (Å²) in [5.41, 5.74) is 1.18. The predicted molar refractivity (Wildman–Crippen MR) is 86.5 cm³/mol. The Labute approximate surface area is 134 Å². The fourth-order valence-corrected chi connectivity index (χ4v) is 2.10. The number of rotatable bonds is 3. The Morgan fingerprint density at radius 2 is 2.00 bits per heavy atom. The molecule has 0 aliphatic rings. The van der Waals surface area contributed by atoms with Crippen molar-refractivity contribution in [3.05, 3.63) is 52.4 Å². The minimum atomic E-state index is -0.457. The highest BCUT2D eigenvalue weighted by Crippen LogP contribution is 2.14. The van der Waals surface area contributed by atoms with E-state index in [-0.39, 0.29) is 16.7 Å². The summed E-state index contributed by atoms with van der Waals surface area (Å²) in [6.07, 6.45) is 0. The van der Waals surface area contributed by atoms with Gasteiger partial charge >= 0.3 is 0 Å². The lowest BCUT2D eigenvalue weighted by Gasteiger charge is -2.09. The number of Topliss-reactive ketones (excluding diaryl/α,β-unsaturated/α-hetero) is 1. The first-order valence-corrected chi connectivity index (χ1v) is 7.14. The van der Waals surface area contributed by atoms with Crippen molar-refractivity contribution in [1.29, 1.82) is 0 Å². The molecule has 0 bridgehead atoms. The van der Waals surface area contributed by atoms with E-state index in [1.807, 2.05) is 0 Å². The van der Waals surface area contributed by atoms with Crippen LogP contribution in [0.25, 0.3) is 0 Å². The minimum Gasteiger partial charge on any atom is -0.444 e. The maximum atomic E-state index is 11.8. The molecule has 1 heterocycles. The van der Waals surface area contributed by atoms with Crippen molar-refractivity contribution in [2.24, 2.45) is 0 Å². The molecule has 0 spiro atoms. The van der Waals surface area contributed by atoms with E-state index in [9.17, 15) is 9.59 Å². The lowest BCUT2D eigenvalue weighted by molar-refractivity contribution is 0.0948. The van der Waals surface area contributed by atoms with Crippen LogP contribution in [0.2, 0.25) is 0 Å². The van der Waals surface area contributed by atoms with E-state index in [1.165, 1.54) is 13.0 Å². The number of ketones is 1. The molecule has 7 heteroatoms. The SMILES string of the molecule is CC(=O)c1cccc(NC(=S)NC(=O)c2ccc(Br)o2)c1. The standard InChI is InChI=1S/C14H11BrN2O3S/c1-8(18)9-3-2-4-10(7-9)16-14(21)17-13(19)11-5-6-12(15)20-11/h2-7H,1H3,(H2,16,17,19,21). The van der Waals surface area contributed by atoms with Crippen molar-refractivity contribution in [3.8, 4) is 0 Å². The van der Waals surface area contributed by atoms with Gasteiger partial charge < -0.3 is 9.73 Å². The van der Waals surface area contributed by atoms with Gasteiger partial charge in [-0.25, -0.2) is 0 Å². The van der Waals surface area contributed by atoms with Crippen LogP contribution in [-0.2, 0) is 0 Å². The molecular weight excluding hydrogens is 356 g/mol. The molecular formula is C14H11BrN2O3S. The maximum absolute atomic E-state index is 11.8. The van der Waals surface area contributed by atoms with Crippen molar-refractivity contribution in [1.82, 2.24) is 5.32 Å². The average molecular weight is 367 g/mol. The minimum absolute atomic E-state index is 0.0472. The van der Waals surface area contributed by atoms with E-state index < -0.39 is 5.91 Å². The van der Waals surface area contributed by atoms with Crippen LogP contribution < -0.4 is 10.6 Å². The first kappa shape index (κ1) is 15.4. The third-order valence-corrected chi connectivity index (χ3v) is 3.18. The summed E-state index contributed by atoms with van der Waals surface area (Å²) in [4.78, 5) is 23.1. The Kier molecular flexibility index (Phi) is 4.87. The molecule has 0 atom stereocenters. The summed E-state index contributed by atoms with van der Waals surface area (Å²) >= 11 is 8.16. The summed E-state index contributed by atoms with van der Waals surface area (Å²) in [7, 11) is 0. The maximum Gasteiger partial charge on any atom is 0.293 e.